The molecule has 0 unspecified atom stereocenters. The predicted molar refractivity (Wildman–Crippen MR) is 82.0 cm³/mol. The Bertz CT molecular complexity index is 579. The summed E-state index contributed by atoms with van der Waals surface area (Å²) in [5.41, 5.74) is 0.884. The number of hydrogen-bond donors (Lipinski definition) is 1. The molecular weight excluding hydrogens is 272 g/mol. The first-order valence-electron chi connectivity index (χ1n) is 6.40. The van der Waals surface area contributed by atoms with Gasteiger partial charge in [-0.3, -0.25) is 10.1 Å². The summed E-state index contributed by atoms with van der Waals surface area (Å²) < 4.78 is 5.63. The maximum Gasteiger partial charge on any atom is 0.250 e. The van der Waals surface area contributed by atoms with Crippen molar-refractivity contribution in [1.82, 2.24) is 4.98 Å². The molecule has 0 atom stereocenters. The fourth-order valence-electron chi connectivity index (χ4n) is 1.56. The zero-order valence-electron chi connectivity index (χ0n) is 11.2. The van der Waals surface area contributed by atoms with E-state index in [0.29, 0.717) is 11.7 Å². The minimum atomic E-state index is -0.203. The smallest absolute Gasteiger partial charge is 0.250 e. The summed E-state index contributed by atoms with van der Waals surface area (Å²) in [5, 5.41) is 5.10. The molecule has 5 heteroatoms. The Kier molecular flexibility index (Phi) is 5.32. The van der Waals surface area contributed by atoms with Crippen molar-refractivity contribution in [3.05, 3.63) is 47.5 Å². The molecule has 1 heterocycles. The molecule has 0 spiro atoms. The summed E-state index contributed by atoms with van der Waals surface area (Å²) in [6.45, 7) is 2.72. The van der Waals surface area contributed by atoms with E-state index in [9.17, 15) is 4.79 Å². The predicted octanol–water partition coefficient (Wildman–Crippen LogP) is 3.58. The van der Waals surface area contributed by atoms with Gasteiger partial charge in [-0.15, -0.1) is 11.3 Å². The maximum atomic E-state index is 11.7. The van der Waals surface area contributed by atoms with E-state index in [1.54, 1.807) is 12.3 Å². The zero-order valence-corrected chi connectivity index (χ0v) is 12.0. The number of amides is 1. The molecule has 2 rings (SSSR count). The van der Waals surface area contributed by atoms with Gasteiger partial charge >= 0.3 is 0 Å². The van der Waals surface area contributed by atoms with Gasteiger partial charge in [-0.05, 0) is 18.6 Å². The first-order valence-corrected chi connectivity index (χ1v) is 7.28. The van der Waals surface area contributed by atoms with Crippen LogP contribution < -0.4 is 10.1 Å². The topological polar surface area (TPSA) is 51.2 Å². The maximum absolute atomic E-state index is 11.7. The van der Waals surface area contributed by atoms with Gasteiger partial charge in [-0.1, -0.05) is 25.1 Å². The zero-order chi connectivity index (χ0) is 14.2. The van der Waals surface area contributed by atoms with Gasteiger partial charge in [0.25, 0.3) is 0 Å². The van der Waals surface area contributed by atoms with Crippen LogP contribution >= 0.6 is 11.3 Å². The molecule has 104 valence electrons. The van der Waals surface area contributed by atoms with Gasteiger partial charge in [-0.25, -0.2) is 4.98 Å². The minimum absolute atomic E-state index is 0.203. The summed E-state index contributed by atoms with van der Waals surface area (Å²) in [7, 11) is 0. The molecule has 1 N–H and O–H groups in total. The summed E-state index contributed by atoms with van der Waals surface area (Å²) in [6.07, 6.45) is 5.82. The van der Waals surface area contributed by atoms with Crippen LogP contribution in [0.5, 0.6) is 5.75 Å². The Morgan fingerprint density at radius 2 is 2.30 bits per heavy atom. The van der Waals surface area contributed by atoms with Crippen LogP contribution in [0, 0.1) is 0 Å². The summed E-state index contributed by atoms with van der Waals surface area (Å²) in [4.78, 5) is 15.7. The van der Waals surface area contributed by atoms with Crippen LogP contribution in [0.4, 0.5) is 5.13 Å². The number of benzene rings is 1. The quantitative estimate of drug-likeness (QED) is 0.826. The van der Waals surface area contributed by atoms with Crippen LogP contribution in [0.25, 0.3) is 6.08 Å². The molecule has 1 aromatic carbocycles. The average molecular weight is 288 g/mol. The second-order valence-corrected chi connectivity index (χ2v) is 4.94. The molecule has 1 aromatic heterocycles. The van der Waals surface area contributed by atoms with Gasteiger partial charge in [-0.2, -0.15) is 0 Å². The summed E-state index contributed by atoms with van der Waals surface area (Å²) >= 11 is 1.39. The van der Waals surface area contributed by atoms with Gasteiger partial charge in [0.05, 0.1) is 6.61 Å². The number of nitrogens with one attached hydrogen (secondary N) is 1. The third-order valence-corrected chi connectivity index (χ3v) is 3.15. The highest BCUT2D eigenvalue weighted by Crippen LogP contribution is 2.19. The van der Waals surface area contributed by atoms with Crippen LogP contribution in [0.1, 0.15) is 18.9 Å². The van der Waals surface area contributed by atoms with E-state index in [1.165, 1.54) is 17.4 Å². The molecule has 0 saturated heterocycles. The van der Waals surface area contributed by atoms with E-state index < -0.39 is 0 Å². The highest BCUT2D eigenvalue weighted by molar-refractivity contribution is 7.13. The molecule has 2 aromatic rings. The Balaban J connectivity index is 2.01. The Morgan fingerprint density at radius 3 is 3.05 bits per heavy atom. The fraction of sp³-hybridized carbons (Fsp3) is 0.200. The second kappa shape index (κ2) is 7.45. The highest BCUT2D eigenvalue weighted by atomic mass is 32.1. The van der Waals surface area contributed by atoms with Gasteiger partial charge in [0.15, 0.2) is 5.13 Å². The van der Waals surface area contributed by atoms with Crippen LogP contribution in [0.2, 0.25) is 0 Å². The molecule has 0 bridgehead atoms. The van der Waals surface area contributed by atoms with Crippen LogP contribution in [-0.2, 0) is 4.79 Å². The number of carbonyl (C=O) groups excluding carboxylic acids is 1. The number of thiazole rings is 1. The van der Waals surface area contributed by atoms with E-state index in [-0.39, 0.29) is 5.91 Å². The minimum Gasteiger partial charge on any atom is -0.493 e. The lowest BCUT2D eigenvalue weighted by atomic mass is 10.2. The standard InChI is InChI=1S/C15H16N2O2S/c1-2-10-19-13-6-4-3-5-12(13)7-8-14(18)17-15-16-9-11-20-15/h3-9,11H,2,10H2,1H3,(H,16,17,18). The Hall–Kier alpha value is -2.14. The van der Waals surface area contributed by atoms with Crippen molar-refractivity contribution in [2.75, 3.05) is 11.9 Å². The number of hydrogen-bond acceptors (Lipinski definition) is 4. The lowest BCUT2D eigenvalue weighted by Crippen LogP contribution is -2.07. The van der Waals surface area contributed by atoms with Gasteiger partial charge in [0, 0.05) is 23.2 Å². The van der Waals surface area contributed by atoms with Crippen molar-refractivity contribution in [2.24, 2.45) is 0 Å². The van der Waals surface area contributed by atoms with E-state index in [0.717, 1.165) is 17.7 Å². The van der Waals surface area contributed by atoms with E-state index in [2.05, 4.69) is 17.2 Å². The number of rotatable bonds is 6. The number of para-hydroxylation sites is 1. The van der Waals surface area contributed by atoms with Crippen molar-refractivity contribution in [3.8, 4) is 5.75 Å². The Labute approximate surface area is 122 Å². The van der Waals surface area contributed by atoms with Crippen molar-refractivity contribution in [2.45, 2.75) is 13.3 Å². The largest absolute Gasteiger partial charge is 0.493 e. The monoisotopic (exact) mass is 288 g/mol. The lowest BCUT2D eigenvalue weighted by molar-refractivity contribution is -0.111. The van der Waals surface area contributed by atoms with Crippen molar-refractivity contribution >= 4 is 28.5 Å². The highest BCUT2D eigenvalue weighted by Gasteiger charge is 2.02. The molecule has 0 aliphatic heterocycles. The molecule has 1 amide bonds. The van der Waals surface area contributed by atoms with Crippen molar-refractivity contribution in [3.63, 3.8) is 0 Å². The molecule has 0 saturated carbocycles. The van der Waals surface area contributed by atoms with Gasteiger partial charge in [0.2, 0.25) is 5.91 Å². The third-order valence-electron chi connectivity index (χ3n) is 2.46. The fourth-order valence-corrected chi connectivity index (χ4v) is 2.09. The molecule has 0 aliphatic rings. The molecule has 20 heavy (non-hydrogen) atoms. The molecule has 4 nitrogen and oxygen atoms in total. The van der Waals surface area contributed by atoms with Gasteiger partial charge in [0.1, 0.15) is 5.75 Å². The number of anilines is 1. The van der Waals surface area contributed by atoms with Crippen LogP contribution in [-0.4, -0.2) is 17.5 Å². The second-order valence-electron chi connectivity index (χ2n) is 4.05. The normalized spacial score (nSPS) is 10.7. The summed E-state index contributed by atoms with van der Waals surface area (Å²) in [6, 6.07) is 7.64. The average Bonchev–Trinajstić information content (AvgIpc) is 2.96. The summed E-state index contributed by atoms with van der Waals surface area (Å²) in [5.74, 6) is 0.581. The van der Waals surface area contributed by atoms with Crippen molar-refractivity contribution in [1.29, 1.82) is 0 Å². The van der Waals surface area contributed by atoms with Gasteiger partial charge < -0.3 is 4.74 Å². The SMILES string of the molecule is CCCOc1ccccc1C=CC(=O)Nc1nccs1. The first kappa shape index (κ1) is 14.3. The van der Waals surface area contributed by atoms with Crippen molar-refractivity contribution < 1.29 is 9.53 Å². The van der Waals surface area contributed by atoms with E-state index >= 15 is 0 Å². The lowest BCUT2D eigenvalue weighted by Gasteiger charge is -2.07. The molecule has 0 radical (unpaired) electrons. The van der Waals surface area contributed by atoms with Crippen LogP contribution in [0.15, 0.2) is 41.9 Å². The Morgan fingerprint density at radius 1 is 1.45 bits per heavy atom. The number of carbonyl (C=O) groups is 1. The number of nitrogens with zero attached hydrogens (tertiary/aromatic N) is 1. The number of aromatic nitrogens is 1. The first-order chi connectivity index (χ1) is 9.79. The molecule has 0 aliphatic carbocycles. The number of ether oxygens (including phenoxy) is 1. The molecule has 0 fully saturated rings. The van der Waals surface area contributed by atoms with E-state index in [4.69, 9.17) is 4.74 Å². The third kappa shape index (κ3) is 4.20. The van der Waals surface area contributed by atoms with E-state index in [1.807, 2.05) is 29.6 Å². The molecular formula is C15H16N2O2S. The van der Waals surface area contributed by atoms with Crippen LogP contribution in [0.3, 0.4) is 0 Å².